The lowest BCUT2D eigenvalue weighted by Gasteiger charge is -2.14. The molecule has 8 heteroatoms. The van der Waals surface area contributed by atoms with Crippen molar-refractivity contribution in [2.75, 3.05) is 19.0 Å². The van der Waals surface area contributed by atoms with E-state index in [0.29, 0.717) is 0 Å². The Hall–Kier alpha value is -3.29. The molecule has 0 aliphatic carbocycles. The molecule has 26 heavy (non-hydrogen) atoms. The average molecular weight is 359 g/mol. The number of nitrogens with zero attached hydrogens (tertiary/aromatic N) is 1. The van der Waals surface area contributed by atoms with Gasteiger partial charge >= 0.3 is 5.97 Å². The molecule has 1 aromatic carbocycles. The number of nitrogens with two attached hydrogens (primary N) is 1. The Labute approximate surface area is 150 Å². The van der Waals surface area contributed by atoms with E-state index in [0.717, 1.165) is 10.2 Å². The summed E-state index contributed by atoms with van der Waals surface area (Å²) < 4.78 is 11.4. The van der Waals surface area contributed by atoms with Crippen LogP contribution in [0.15, 0.2) is 47.4 Å². The number of aromatic nitrogens is 1. The molecular weight excluding hydrogens is 338 g/mol. The van der Waals surface area contributed by atoms with E-state index in [1.165, 1.54) is 12.3 Å². The van der Waals surface area contributed by atoms with Crippen LogP contribution in [0.5, 0.6) is 5.75 Å². The summed E-state index contributed by atoms with van der Waals surface area (Å²) in [7, 11) is 0. The Morgan fingerprint density at radius 3 is 2.62 bits per heavy atom. The number of nitrogens with one attached hydrogen (secondary N) is 1. The molecule has 0 unspecified atom stereocenters. The maximum atomic E-state index is 12.4. The van der Waals surface area contributed by atoms with Gasteiger partial charge < -0.3 is 20.6 Å². The highest BCUT2D eigenvalue weighted by molar-refractivity contribution is 5.95. The molecule has 0 radical (unpaired) electrons. The van der Waals surface area contributed by atoms with Crippen LogP contribution in [0.3, 0.4) is 0 Å². The predicted octanol–water partition coefficient (Wildman–Crippen LogP) is 0.824. The molecule has 0 aliphatic heterocycles. The van der Waals surface area contributed by atoms with Crippen LogP contribution in [0.2, 0.25) is 0 Å². The van der Waals surface area contributed by atoms with Crippen molar-refractivity contribution >= 4 is 11.9 Å². The molecule has 0 spiro atoms. The van der Waals surface area contributed by atoms with Crippen LogP contribution in [0, 0.1) is 0 Å². The first kappa shape index (κ1) is 19.0. The molecule has 0 bridgehead atoms. The van der Waals surface area contributed by atoms with Gasteiger partial charge in [0.05, 0.1) is 13.0 Å². The van der Waals surface area contributed by atoms with E-state index < -0.39 is 17.3 Å². The van der Waals surface area contributed by atoms with Gasteiger partial charge in [-0.25, -0.2) is 0 Å². The summed E-state index contributed by atoms with van der Waals surface area (Å²) in [6.07, 6.45) is 1.29. The third-order valence-corrected chi connectivity index (χ3v) is 3.44. The second kappa shape index (κ2) is 9.26. The number of ether oxygens (including phenoxy) is 2. The van der Waals surface area contributed by atoms with E-state index in [-0.39, 0.29) is 37.6 Å². The third-order valence-electron chi connectivity index (χ3n) is 3.44. The maximum Gasteiger partial charge on any atom is 0.307 e. The zero-order valence-corrected chi connectivity index (χ0v) is 14.4. The maximum absolute atomic E-state index is 12.4. The number of hydrogen-bond donors (Lipinski definition) is 2. The van der Waals surface area contributed by atoms with E-state index in [2.05, 4.69) is 5.32 Å². The number of amides is 1. The van der Waals surface area contributed by atoms with Crippen LogP contribution in [0.4, 0.5) is 0 Å². The van der Waals surface area contributed by atoms with Crippen molar-refractivity contribution in [3.05, 3.63) is 64.1 Å². The molecular formula is C18H21N3O5. The fraction of sp³-hybridized carbons (Fsp3) is 0.278. The van der Waals surface area contributed by atoms with Gasteiger partial charge in [-0.2, -0.15) is 0 Å². The number of pyridine rings is 1. The lowest BCUT2D eigenvalue weighted by molar-refractivity contribution is -0.142. The molecule has 2 aromatic rings. The molecule has 0 saturated carbocycles. The van der Waals surface area contributed by atoms with Crippen LogP contribution >= 0.6 is 0 Å². The summed E-state index contributed by atoms with van der Waals surface area (Å²) in [4.78, 5) is 35.9. The van der Waals surface area contributed by atoms with Gasteiger partial charge in [-0.05, 0) is 12.5 Å². The van der Waals surface area contributed by atoms with E-state index in [1.807, 2.05) is 30.3 Å². The minimum atomic E-state index is -0.613. The molecule has 3 N–H and O–H groups in total. The smallest absolute Gasteiger partial charge is 0.307 e. The summed E-state index contributed by atoms with van der Waals surface area (Å²) in [6, 6.07) is 10.4. The number of carbonyl (C=O) groups excluding carboxylic acids is 2. The van der Waals surface area contributed by atoms with Crippen molar-refractivity contribution in [2.45, 2.75) is 20.0 Å². The van der Waals surface area contributed by atoms with Crippen LogP contribution in [-0.4, -0.2) is 29.7 Å². The Morgan fingerprint density at radius 1 is 1.19 bits per heavy atom. The number of esters is 1. The Kier molecular flexibility index (Phi) is 6.78. The zero-order valence-electron chi connectivity index (χ0n) is 14.4. The number of nitrogen functional groups attached to an aromatic ring is 1. The Bertz CT molecular complexity index is 817. The highest BCUT2D eigenvalue weighted by atomic mass is 16.5. The molecule has 1 amide bonds. The predicted molar refractivity (Wildman–Crippen MR) is 95.2 cm³/mol. The molecule has 0 atom stereocenters. The zero-order chi connectivity index (χ0) is 18.9. The minimum absolute atomic E-state index is 0.0153. The molecule has 0 fully saturated rings. The second-order valence-corrected chi connectivity index (χ2v) is 5.35. The lowest BCUT2D eigenvalue weighted by Crippen LogP contribution is -2.33. The molecule has 2 rings (SSSR count). The van der Waals surface area contributed by atoms with Crippen LogP contribution in [0.1, 0.15) is 29.4 Å². The number of carbonyl (C=O) groups is 2. The molecule has 0 saturated heterocycles. The summed E-state index contributed by atoms with van der Waals surface area (Å²) in [6.45, 7) is 2.14. The fourth-order valence-corrected chi connectivity index (χ4v) is 2.22. The topological polar surface area (TPSA) is 113 Å². The Morgan fingerprint density at radius 2 is 1.92 bits per heavy atom. The third kappa shape index (κ3) is 5.10. The summed E-state index contributed by atoms with van der Waals surface area (Å²) >= 11 is 0. The Balaban J connectivity index is 2.11. The van der Waals surface area contributed by atoms with Crippen molar-refractivity contribution in [1.82, 2.24) is 9.99 Å². The van der Waals surface area contributed by atoms with Gasteiger partial charge in [-0.15, -0.1) is 0 Å². The number of rotatable bonds is 8. The minimum Gasteiger partial charge on any atom is -0.482 e. The van der Waals surface area contributed by atoms with Crippen LogP contribution in [0.25, 0.3) is 0 Å². The van der Waals surface area contributed by atoms with Crippen molar-refractivity contribution in [2.24, 2.45) is 0 Å². The standard InChI is InChI=1S/C18H21N3O5/c1-2-25-15(23)8-10-20-18(24)16-17(14(22)9-11-21(16)19)26-12-13-6-4-3-5-7-13/h3-7,9,11H,2,8,10,12,19H2,1H3,(H,20,24). The van der Waals surface area contributed by atoms with Gasteiger partial charge in [-0.1, -0.05) is 30.3 Å². The van der Waals surface area contributed by atoms with Crippen LogP contribution < -0.4 is 21.3 Å². The molecule has 1 aromatic heterocycles. The normalized spacial score (nSPS) is 10.2. The summed E-state index contributed by atoms with van der Waals surface area (Å²) in [5.41, 5.74) is 0.267. The molecule has 1 heterocycles. The van der Waals surface area contributed by atoms with Gasteiger partial charge in [0.25, 0.3) is 5.91 Å². The second-order valence-electron chi connectivity index (χ2n) is 5.35. The van der Waals surface area contributed by atoms with Gasteiger partial charge in [0.15, 0.2) is 11.4 Å². The summed E-state index contributed by atoms with van der Waals surface area (Å²) in [5, 5.41) is 2.54. The van der Waals surface area contributed by atoms with Gasteiger partial charge in [0.1, 0.15) is 6.61 Å². The number of benzene rings is 1. The molecule has 8 nitrogen and oxygen atoms in total. The lowest BCUT2D eigenvalue weighted by atomic mass is 10.2. The fourth-order valence-electron chi connectivity index (χ4n) is 2.22. The monoisotopic (exact) mass is 359 g/mol. The van der Waals surface area contributed by atoms with Crippen molar-refractivity contribution in [1.29, 1.82) is 0 Å². The molecule has 138 valence electrons. The highest BCUT2D eigenvalue weighted by Gasteiger charge is 2.19. The van der Waals surface area contributed by atoms with Gasteiger partial charge in [-0.3, -0.25) is 19.1 Å². The molecule has 0 aliphatic rings. The van der Waals surface area contributed by atoms with Crippen LogP contribution in [-0.2, 0) is 16.1 Å². The summed E-state index contributed by atoms with van der Waals surface area (Å²) in [5.74, 6) is 4.60. The van der Waals surface area contributed by atoms with Crippen molar-refractivity contribution in [3.8, 4) is 5.75 Å². The van der Waals surface area contributed by atoms with Crippen molar-refractivity contribution < 1.29 is 19.1 Å². The van der Waals surface area contributed by atoms with E-state index >= 15 is 0 Å². The van der Waals surface area contributed by atoms with Crippen molar-refractivity contribution in [3.63, 3.8) is 0 Å². The number of hydrogen-bond acceptors (Lipinski definition) is 6. The first-order chi connectivity index (χ1) is 12.5. The van der Waals surface area contributed by atoms with E-state index in [1.54, 1.807) is 6.92 Å². The first-order valence-corrected chi connectivity index (χ1v) is 8.14. The van der Waals surface area contributed by atoms with E-state index in [9.17, 15) is 14.4 Å². The SMILES string of the molecule is CCOC(=O)CCNC(=O)c1c(OCc2ccccc2)c(=O)ccn1N. The van der Waals surface area contributed by atoms with Gasteiger partial charge in [0, 0.05) is 18.8 Å². The largest absolute Gasteiger partial charge is 0.482 e. The first-order valence-electron chi connectivity index (χ1n) is 8.14. The van der Waals surface area contributed by atoms with E-state index in [4.69, 9.17) is 15.3 Å². The van der Waals surface area contributed by atoms with Gasteiger partial charge in [0.2, 0.25) is 5.43 Å². The average Bonchev–Trinajstić information content (AvgIpc) is 2.63. The highest BCUT2D eigenvalue weighted by Crippen LogP contribution is 2.14. The quantitative estimate of drug-likeness (QED) is 0.533.